The van der Waals surface area contributed by atoms with Gasteiger partial charge in [0, 0.05) is 4.47 Å². The third-order valence-corrected chi connectivity index (χ3v) is 3.46. The van der Waals surface area contributed by atoms with Crippen LogP contribution in [0.2, 0.25) is 0 Å². The molecule has 0 spiro atoms. The molecule has 4 heteroatoms. The zero-order valence-corrected chi connectivity index (χ0v) is 12.1. The Bertz CT molecular complexity index is 835. The van der Waals surface area contributed by atoms with E-state index >= 15 is 0 Å². The summed E-state index contributed by atoms with van der Waals surface area (Å²) >= 11 is 3.39. The Morgan fingerprint density at radius 3 is 2.55 bits per heavy atom. The summed E-state index contributed by atoms with van der Waals surface area (Å²) in [6.07, 6.45) is 3.60. The maximum atomic E-state index is 11.9. The highest BCUT2D eigenvalue weighted by molar-refractivity contribution is 9.10. The number of aromatic amines is 1. The lowest BCUT2D eigenvalue weighted by Gasteiger charge is -1.98. The van der Waals surface area contributed by atoms with Crippen molar-refractivity contribution in [3.05, 3.63) is 74.6 Å². The third kappa shape index (κ3) is 2.70. The van der Waals surface area contributed by atoms with Crippen LogP contribution in [0.15, 0.2) is 57.8 Å². The molecule has 0 atom stereocenters. The van der Waals surface area contributed by atoms with E-state index < -0.39 is 0 Å². The highest BCUT2D eigenvalue weighted by atomic mass is 79.9. The average Bonchev–Trinajstić information content (AvgIpc) is 2.47. The van der Waals surface area contributed by atoms with E-state index in [0.717, 1.165) is 21.1 Å². The second-order valence-corrected chi connectivity index (χ2v) is 5.27. The summed E-state index contributed by atoms with van der Waals surface area (Å²) < 4.78 is 1.02. The summed E-state index contributed by atoms with van der Waals surface area (Å²) in [5.41, 5.74) is 2.77. The van der Waals surface area contributed by atoms with Crippen LogP contribution in [-0.4, -0.2) is 9.97 Å². The average molecular weight is 327 g/mol. The molecule has 0 aliphatic heterocycles. The van der Waals surface area contributed by atoms with Crippen LogP contribution in [0.3, 0.4) is 0 Å². The second-order valence-electron chi connectivity index (χ2n) is 4.35. The Balaban J connectivity index is 2.00. The minimum absolute atomic E-state index is 0.183. The normalized spacial score (nSPS) is 11.2. The maximum absolute atomic E-state index is 11.9. The lowest BCUT2D eigenvalue weighted by Crippen LogP contribution is -2.11. The first kappa shape index (κ1) is 12.8. The second kappa shape index (κ2) is 5.43. The Morgan fingerprint density at radius 1 is 1.00 bits per heavy atom. The molecule has 1 aromatic heterocycles. The van der Waals surface area contributed by atoms with E-state index in [4.69, 9.17) is 0 Å². The van der Waals surface area contributed by atoms with Gasteiger partial charge in [0.2, 0.25) is 0 Å². The van der Waals surface area contributed by atoms with Crippen molar-refractivity contribution in [3.63, 3.8) is 0 Å². The van der Waals surface area contributed by atoms with Gasteiger partial charge < -0.3 is 4.98 Å². The topological polar surface area (TPSA) is 45.8 Å². The van der Waals surface area contributed by atoms with Crippen LogP contribution in [0.4, 0.5) is 0 Å². The van der Waals surface area contributed by atoms with Gasteiger partial charge in [0.15, 0.2) is 0 Å². The first-order valence-corrected chi connectivity index (χ1v) is 6.94. The quantitative estimate of drug-likeness (QED) is 0.777. The van der Waals surface area contributed by atoms with Crippen molar-refractivity contribution >= 4 is 39.1 Å². The molecule has 0 unspecified atom stereocenters. The van der Waals surface area contributed by atoms with Gasteiger partial charge in [0.05, 0.1) is 11.0 Å². The number of nitrogens with one attached hydrogen (secondary N) is 1. The van der Waals surface area contributed by atoms with Crippen molar-refractivity contribution < 1.29 is 0 Å². The summed E-state index contributed by atoms with van der Waals surface area (Å²) in [5.74, 6) is 0. The standard InChI is InChI=1S/C16H11BrN2O/c17-12-8-5-11(6-9-12)7-10-15-16(20)19-14-4-2-1-3-13(14)18-15/h1-10H,(H,19,20)/b10-7+. The van der Waals surface area contributed by atoms with Gasteiger partial charge in [-0.25, -0.2) is 4.98 Å². The van der Waals surface area contributed by atoms with Crippen LogP contribution in [-0.2, 0) is 0 Å². The molecule has 1 heterocycles. The smallest absolute Gasteiger partial charge is 0.274 e. The highest BCUT2D eigenvalue weighted by Gasteiger charge is 2.00. The number of hydrogen-bond acceptors (Lipinski definition) is 2. The summed E-state index contributed by atoms with van der Waals surface area (Å²) in [4.78, 5) is 19.1. The van der Waals surface area contributed by atoms with E-state index in [-0.39, 0.29) is 5.56 Å². The Morgan fingerprint density at radius 2 is 1.75 bits per heavy atom. The number of hydrogen-bond donors (Lipinski definition) is 1. The minimum Gasteiger partial charge on any atom is -0.319 e. The molecule has 0 amide bonds. The lowest BCUT2D eigenvalue weighted by molar-refractivity contribution is 1.19. The van der Waals surface area contributed by atoms with Gasteiger partial charge in [-0.15, -0.1) is 0 Å². The van der Waals surface area contributed by atoms with Gasteiger partial charge >= 0.3 is 0 Å². The third-order valence-electron chi connectivity index (χ3n) is 2.93. The van der Waals surface area contributed by atoms with Crippen molar-refractivity contribution in [2.75, 3.05) is 0 Å². The predicted octanol–water partition coefficient (Wildman–Crippen LogP) is 3.86. The first-order chi connectivity index (χ1) is 9.72. The molecule has 0 fully saturated rings. The van der Waals surface area contributed by atoms with Gasteiger partial charge in [-0.3, -0.25) is 4.79 Å². The molecule has 0 radical (unpaired) electrons. The predicted molar refractivity (Wildman–Crippen MR) is 85.4 cm³/mol. The number of H-pyrrole nitrogens is 1. The van der Waals surface area contributed by atoms with Crippen molar-refractivity contribution in [3.8, 4) is 0 Å². The number of para-hydroxylation sites is 2. The molecule has 0 saturated carbocycles. The van der Waals surface area contributed by atoms with Crippen LogP contribution in [0.25, 0.3) is 23.2 Å². The van der Waals surface area contributed by atoms with E-state index in [1.54, 1.807) is 6.08 Å². The van der Waals surface area contributed by atoms with Gasteiger partial charge in [0.25, 0.3) is 5.56 Å². The fraction of sp³-hybridized carbons (Fsp3) is 0. The number of halogens is 1. The lowest BCUT2D eigenvalue weighted by atomic mass is 10.2. The van der Waals surface area contributed by atoms with Crippen molar-refractivity contribution in [2.45, 2.75) is 0 Å². The number of benzene rings is 2. The Kier molecular flexibility index (Phi) is 3.48. The van der Waals surface area contributed by atoms with Gasteiger partial charge in [-0.1, -0.05) is 46.3 Å². The van der Waals surface area contributed by atoms with Crippen LogP contribution in [0.1, 0.15) is 11.3 Å². The summed E-state index contributed by atoms with van der Waals surface area (Å²) in [7, 11) is 0. The van der Waals surface area contributed by atoms with Gasteiger partial charge in [-0.05, 0) is 35.9 Å². The molecule has 3 rings (SSSR count). The number of fused-ring (bicyclic) bond motifs is 1. The van der Waals surface area contributed by atoms with E-state index in [2.05, 4.69) is 25.9 Å². The molecule has 0 aliphatic rings. The molecule has 20 heavy (non-hydrogen) atoms. The Labute approximate surface area is 124 Å². The van der Waals surface area contributed by atoms with Gasteiger partial charge in [0.1, 0.15) is 5.69 Å². The molecule has 2 aromatic carbocycles. The molecule has 0 bridgehead atoms. The largest absolute Gasteiger partial charge is 0.319 e. The summed E-state index contributed by atoms with van der Waals surface area (Å²) in [6, 6.07) is 15.3. The van der Waals surface area contributed by atoms with Crippen molar-refractivity contribution in [2.24, 2.45) is 0 Å². The van der Waals surface area contributed by atoms with E-state index in [1.807, 2.05) is 54.6 Å². The van der Waals surface area contributed by atoms with E-state index in [1.165, 1.54) is 0 Å². The minimum atomic E-state index is -0.183. The zero-order valence-electron chi connectivity index (χ0n) is 10.5. The maximum Gasteiger partial charge on any atom is 0.274 e. The number of rotatable bonds is 2. The highest BCUT2D eigenvalue weighted by Crippen LogP contribution is 2.13. The molecular weight excluding hydrogens is 316 g/mol. The Hall–Kier alpha value is -2.20. The van der Waals surface area contributed by atoms with E-state index in [9.17, 15) is 4.79 Å². The van der Waals surface area contributed by atoms with Crippen molar-refractivity contribution in [1.82, 2.24) is 9.97 Å². The van der Waals surface area contributed by atoms with Gasteiger partial charge in [-0.2, -0.15) is 0 Å². The molecule has 98 valence electrons. The zero-order chi connectivity index (χ0) is 13.9. The molecular formula is C16H11BrN2O. The van der Waals surface area contributed by atoms with Crippen LogP contribution in [0.5, 0.6) is 0 Å². The fourth-order valence-corrected chi connectivity index (χ4v) is 2.17. The fourth-order valence-electron chi connectivity index (χ4n) is 1.91. The van der Waals surface area contributed by atoms with E-state index in [0.29, 0.717) is 5.69 Å². The van der Waals surface area contributed by atoms with Crippen LogP contribution < -0.4 is 5.56 Å². The van der Waals surface area contributed by atoms with Crippen LogP contribution >= 0.6 is 15.9 Å². The van der Waals surface area contributed by atoms with Crippen LogP contribution in [0, 0.1) is 0 Å². The molecule has 0 aliphatic carbocycles. The SMILES string of the molecule is O=c1[nH]c2ccccc2nc1/C=C/c1ccc(Br)cc1. The monoisotopic (exact) mass is 326 g/mol. The summed E-state index contributed by atoms with van der Waals surface area (Å²) in [5, 5.41) is 0. The summed E-state index contributed by atoms with van der Waals surface area (Å²) in [6.45, 7) is 0. The van der Waals surface area contributed by atoms with Crippen molar-refractivity contribution in [1.29, 1.82) is 0 Å². The molecule has 3 nitrogen and oxygen atoms in total. The molecule has 0 saturated heterocycles. The molecule has 3 aromatic rings. The first-order valence-electron chi connectivity index (χ1n) is 6.15. The molecule has 1 N–H and O–H groups in total. The number of nitrogens with zero attached hydrogens (tertiary/aromatic N) is 1. The number of aromatic nitrogens is 2.